The van der Waals surface area contributed by atoms with E-state index in [0.717, 1.165) is 24.9 Å². The molecule has 0 aliphatic carbocycles. The van der Waals surface area contributed by atoms with Gasteiger partial charge < -0.3 is 10.1 Å². The number of benzene rings is 1. The first-order valence-corrected chi connectivity index (χ1v) is 6.34. The highest BCUT2D eigenvalue weighted by Gasteiger charge is 2.16. The van der Waals surface area contributed by atoms with E-state index in [-0.39, 0.29) is 11.6 Å². The average molecular weight is 258 g/mol. The van der Waals surface area contributed by atoms with Gasteiger partial charge >= 0.3 is 0 Å². The maximum atomic E-state index is 13.6. The zero-order chi connectivity index (χ0) is 12.3. The highest BCUT2D eigenvalue weighted by Crippen LogP contribution is 2.29. The van der Waals surface area contributed by atoms with E-state index in [1.165, 1.54) is 26.0 Å². The van der Waals surface area contributed by atoms with Gasteiger partial charge in [0, 0.05) is 6.04 Å². The van der Waals surface area contributed by atoms with Crippen molar-refractivity contribution in [2.45, 2.75) is 31.7 Å². The van der Waals surface area contributed by atoms with Crippen LogP contribution in [0, 0.1) is 5.82 Å². The van der Waals surface area contributed by atoms with Gasteiger partial charge in [0.05, 0.1) is 12.1 Å². The van der Waals surface area contributed by atoms with Gasteiger partial charge in [-0.3, -0.25) is 0 Å². The van der Waals surface area contributed by atoms with Crippen LogP contribution in [0.1, 0.15) is 24.8 Å². The molecule has 2 rings (SSSR count). The van der Waals surface area contributed by atoms with E-state index in [0.29, 0.717) is 11.1 Å². The van der Waals surface area contributed by atoms with E-state index in [9.17, 15) is 4.39 Å². The second-order valence-corrected chi connectivity index (χ2v) is 4.85. The van der Waals surface area contributed by atoms with Gasteiger partial charge in [-0.25, -0.2) is 4.39 Å². The maximum Gasteiger partial charge on any atom is 0.173 e. The molecule has 0 saturated carbocycles. The number of methoxy groups -OCH3 is 1. The van der Waals surface area contributed by atoms with Crippen molar-refractivity contribution in [3.05, 3.63) is 28.5 Å². The van der Waals surface area contributed by atoms with Crippen LogP contribution in [0.5, 0.6) is 5.75 Å². The predicted octanol–water partition coefficient (Wildman–Crippen LogP) is 3.17. The van der Waals surface area contributed by atoms with Gasteiger partial charge in [-0.05, 0) is 43.5 Å². The largest absolute Gasteiger partial charge is 0.492 e. The Morgan fingerprint density at radius 3 is 2.88 bits per heavy atom. The van der Waals surface area contributed by atoms with Crippen molar-refractivity contribution < 1.29 is 9.13 Å². The zero-order valence-electron chi connectivity index (χ0n) is 9.93. The first kappa shape index (κ1) is 12.7. The Bertz CT molecular complexity index is 368. The molecule has 1 aliphatic rings. The Morgan fingerprint density at radius 1 is 1.47 bits per heavy atom. The highest BCUT2D eigenvalue weighted by molar-refractivity contribution is 6.32. The smallest absolute Gasteiger partial charge is 0.173 e. The van der Waals surface area contributed by atoms with Crippen LogP contribution >= 0.6 is 11.6 Å². The topological polar surface area (TPSA) is 21.3 Å². The van der Waals surface area contributed by atoms with Gasteiger partial charge in [-0.1, -0.05) is 18.0 Å². The lowest BCUT2D eigenvalue weighted by molar-refractivity contribution is 0.383. The molecular formula is C13H17ClFNO. The molecule has 0 aromatic heterocycles. The summed E-state index contributed by atoms with van der Waals surface area (Å²) in [6.45, 7) is 1.05. The monoisotopic (exact) mass is 257 g/mol. The molecule has 0 amide bonds. The quantitative estimate of drug-likeness (QED) is 0.898. The summed E-state index contributed by atoms with van der Waals surface area (Å²) in [4.78, 5) is 0. The lowest BCUT2D eigenvalue weighted by Gasteiger charge is -2.23. The summed E-state index contributed by atoms with van der Waals surface area (Å²) in [6, 6.07) is 3.74. The van der Waals surface area contributed by atoms with Crippen molar-refractivity contribution >= 4 is 11.6 Å². The molecule has 1 atom stereocenters. The lowest BCUT2D eigenvalue weighted by Crippen LogP contribution is -2.35. The first-order valence-electron chi connectivity index (χ1n) is 5.96. The molecule has 2 nitrogen and oxygen atoms in total. The predicted molar refractivity (Wildman–Crippen MR) is 67.3 cm³/mol. The van der Waals surface area contributed by atoms with Crippen LogP contribution in [-0.2, 0) is 6.42 Å². The standard InChI is InChI=1S/C13H17ClFNO/c1-17-13-11(14)7-9(8-12(13)15)6-10-4-2-3-5-16-10/h7-8,10,16H,2-6H2,1H3. The maximum absolute atomic E-state index is 13.6. The van der Waals surface area contributed by atoms with Gasteiger partial charge in [0.25, 0.3) is 0 Å². The van der Waals surface area contributed by atoms with Gasteiger partial charge in [-0.2, -0.15) is 0 Å². The zero-order valence-corrected chi connectivity index (χ0v) is 10.7. The van der Waals surface area contributed by atoms with Crippen molar-refractivity contribution in [3.8, 4) is 5.75 Å². The summed E-state index contributed by atoms with van der Waals surface area (Å²) in [6.07, 6.45) is 4.43. The molecule has 1 aliphatic heterocycles. The lowest BCUT2D eigenvalue weighted by atomic mass is 9.98. The average Bonchev–Trinajstić information content (AvgIpc) is 2.30. The Kier molecular flexibility index (Phi) is 4.24. The van der Waals surface area contributed by atoms with Gasteiger partial charge in [-0.15, -0.1) is 0 Å². The molecule has 1 N–H and O–H groups in total. The van der Waals surface area contributed by atoms with Crippen molar-refractivity contribution in [1.82, 2.24) is 5.32 Å². The summed E-state index contributed by atoms with van der Waals surface area (Å²) in [7, 11) is 1.42. The minimum atomic E-state index is -0.384. The molecule has 0 radical (unpaired) electrons. The molecule has 1 heterocycles. The Morgan fingerprint density at radius 2 is 2.29 bits per heavy atom. The van der Waals surface area contributed by atoms with Crippen molar-refractivity contribution in [1.29, 1.82) is 0 Å². The van der Waals surface area contributed by atoms with Gasteiger partial charge in [0.15, 0.2) is 11.6 Å². The molecular weight excluding hydrogens is 241 g/mol. The van der Waals surface area contributed by atoms with Crippen LogP contribution < -0.4 is 10.1 Å². The van der Waals surface area contributed by atoms with Crippen molar-refractivity contribution in [2.75, 3.05) is 13.7 Å². The molecule has 1 fully saturated rings. The van der Waals surface area contributed by atoms with Crippen molar-refractivity contribution in [3.63, 3.8) is 0 Å². The van der Waals surface area contributed by atoms with E-state index in [1.807, 2.05) is 0 Å². The van der Waals surface area contributed by atoms with Crippen LogP contribution in [0.4, 0.5) is 4.39 Å². The number of rotatable bonds is 3. The summed E-state index contributed by atoms with van der Waals surface area (Å²) in [5, 5.41) is 3.78. The fraction of sp³-hybridized carbons (Fsp3) is 0.538. The minimum Gasteiger partial charge on any atom is -0.492 e. The number of hydrogen-bond donors (Lipinski definition) is 1. The fourth-order valence-corrected chi connectivity index (χ4v) is 2.62. The van der Waals surface area contributed by atoms with Crippen LogP contribution in [0.3, 0.4) is 0 Å². The molecule has 0 spiro atoms. The second-order valence-electron chi connectivity index (χ2n) is 4.44. The third-order valence-electron chi connectivity index (χ3n) is 3.16. The fourth-order valence-electron chi connectivity index (χ4n) is 2.31. The van der Waals surface area contributed by atoms with Crippen LogP contribution in [0.25, 0.3) is 0 Å². The van der Waals surface area contributed by atoms with E-state index in [2.05, 4.69) is 5.32 Å². The second kappa shape index (κ2) is 5.69. The SMILES string of the molecule is COc1c(F)cc(CC2CCCCN2)cc1Cl. The number of hydrogen-bond acceptors (Lipinski definition) is 2. The molecule has 1 unspecified atom stereocenters. The number of piperidine rings is 1. The molecule has 0 bridgehead atoms. The number of halogens is 2. The van der Waals surface area contributed by atoms with Crippen LogP contribution in [0.15, 0.2) is 12.1 Å². The molecule has 94 valence electrons. The number of ether oxygens (including phenoxy) is 1. The van der Waals surface area contributed by atoms with Gasteiger partial charge in [0.1, 0.15) is 0 Å². The molecule has 17 heavy (non-hydrogen) atoms. The van der Waals surface area contributed by atoms with E-state index >= 15 is 0 Å². The van der Waals surface area contributed by atoms with Crippen molar-refractivity contribution in [2.24, 2.45) is 0 Å². The summed E-state index contributed by atoms with van der Waals surface area (Å²) in [5.41, 5.74) is 0.924. The Hall–Kier alpha value is -0.800. The molecule has 1 aromatic carbocycles. The third kappa shape index (κ3) is 3.11. The van der Waals surface area contributed by atoms with E-state index < -0.39 is 0 Å². The third-order valence-corrected chi connectivity index (χ3v) is 3.44. The molecule has 1 aromatic rings. The first-order chi connectivity index (χ1) is 8.20. The molecule has 4 heteroatoms. The van der Waals surface area contributed by atoms with Crippen LogP contribution in [-0.4, -0.2) is 19.7 Å². The Balaban J connectivity index is 2.10. The summed E-state index contributed by atoms with van der Waals surface area (Å²) < 4.78 is 18.5. The Labute approximate surface area is 106 Å². The molecule has 1 saturated heterocycles. The van der Waals surface area contributed by atoms with Gasteiger partial charge in [0.2, 0.25) is 0 Å². The van der Waals surface area contributed by atoms with Crippen LogP contribution in [0.2, 0.25) is 5.02 Å². The van der Waals surface area contributed by atoms with E-state index in [1.54, 1.807) is 6.07 Å². The highest BCUT2D eigenvalue weighted by atomic mass is 35.5. The normalized spacial score (nSPS) is 20.3. The van der Waals surface area contributed by atoms with E-state index in [4.69, 9.17) is 16.3 Å². The minimum absolute atomic E-state index is 0.132. The summed E-state index contributed by atoms with van der Waals surface area (Å²) in [5.74, 6) is -0.252. The number of nitrogens with one attached hydrogen (secondary N) is 1. The summed E-state index contributed by atoms with van der Waals surface area (Å²) >= 11 is 5.97.